The summed E-state index contributed by atoms with van der Waals surface area (Å²) in [5.41, 5.74) is 10.9. The standard InChI is InChI=1S/C28H25N9O2/c1-15-9-18(11-19(10-15)28(39)34-20-5-4-6-21(38)12-20)23-24-16(2)7-8-37(24)36-26(35-23)17(3)33-27-22(13-29)25(30)31-14-32-27/h4-12,14,17,38H,1-3H3,(H,34,39)(H3,30,31,32,33)/t17-/m0/s1. The van der Waals surface area contributed by atoms with Crippen LogP contribution >= 0.6 is 0 Å². The Balaban J connectivity index is 1.55. The molecule has 5 aromatic rings. The summed E-state index contributed by atoms with van der Waals surface area (Å²) < 4.78 is 1.75. The van der Waals surface area contributed by atoms with Crippen molar-refractivity contribution in [1.29, 1.82) is 5.26 Å². The Morgan fingerprint density at radius 3 is 2.74 bits per heavy atom. The van der Waals surface area contributed by atoms with Gasteiger partial charge in [-0.05, 0) is 68.3 Å². The number of phenols is 1. The fraction of sp³-hybridized carbons (Fsp3) is 0.143. The van der Waals surface area contributed by atoms with Crippen LogP contribution in [0.1, 0.15) is 45.8 Å². The van der Waals surface area contributed by atoms with E-state index in [1.54, 1.807) is 28.8 Å². The minimum absolute atomic E-state index is 0.0617. The number of hydrogen-bond acceptors (Lipinski definition) is 9. The fourth-order valence-corrected chi connectivity index (χ4v) is 4.31. The lowest BCUT2D eigenvalue weighted by Crippen LogP contribution is -2.16. The second-order valence-corrected chi connectivity index (χ2v) is 9.16. The predicted octanol–water partition coefficient (Wildman–Crippen LogP) is 4.39. The first-order chi connectivity index (χ1) is 18.7. The highest BCUT2D eigenvalue weighted by molar-refractivity contribution is 6.05. The maximum Gasteiger partial charge on any atom is 0.255 e. The molecule has 0 aliphatic rings. The van der Waals surface area contributed by atoms with Gasteiger partial charge in [0.2, 0.25) is 0 Å². The first-order valence-corrected chi connectivity index (χ1v) is 12.1. The van der Waals surface area contributed by atoms with Crippen molar-refractivity contribution in [2.75, 3.05) is 16.4 Å². The van der Waals surface area contributed by atoms with Gasteiger partial charge in [0, 0.05) is 29.1 Å². The SMILES string of the molecule is Cc1cc(C(=O)Nc2cccc(O)c2)cc(-c2nc([C@H](C)Nc3ncnc(N)c3C#N)nn3ccc(C)c23)c1. The van der Waals surface area contributed by atoms with E-state index in [1.807, 2.05) is 45.2 Å². The van der Waals surface area contributed by atoms with E-state index in [9.17, 15) is 15.2 Å². The van der Waals surface area contributed by atoms with Gasteiger partial charge in [0.1, 0.15) is 35.3 Å². The predicted molar refractivity (Wildman–Crippen MR) is 147 cm³/mol. The largest absolute Gasteiger partial charge is 0.508 e. The van der Waals surface area contributed by atoms with Crippen LogP contribution in [0.2, 0.25) is 0 Å². The molecular formula is C28H25N9O2. The van der Waals surface area contributed by atoms with E-state index >= 15 is 0 Å². The number of nitrogen functional groups attached to an aromatic ring is 1. The highest BCUT2D eigenvalue weighted by Crippen LogP contribution is 2.30. The molecule has 3 heterocycles. The van der Waals surface area contributed by atoms with Crippen molar-refractivity contribution in [2.45, 2.75) is 26.8 Å². The van der Waals surface area contributed by atoms with Crippen molar-refractivity contribution < 1.29 is 9.90 Å². The zero-order valence-corrected chi connectivity index (χ0v) is 21.5. The van der Waals surface area contributed by atoms with Crippen LogP contribution in [0.15, 0.2) is 61.1 Å². The molecule has 0 unspecified atom stereocenters. The highest BCUT2D eigenvalue weighted by atomic mass is 16.3. The number of amides is 1. The zero-order chi connectivity index (χ0) is 27.7. The lowest BCUT2D eigenvalue weighted by atomic mass is 10.0. The molecule has 0 saturated heterocycles. The number of nitrogens with two attached hydrogens (primary N) is 1. The van der Waals surface area contributed by atoms with Gasteiger partial charge >= 0.3 is 0 Å². The minimum atomic E-state index is -0.449. The van der Waals surface area contributed by atoms with Gasteiger partial charge in [0.15, 0.2) is 5.82 Å². The van der Waals surface area contributed by atoms with Crippen molar-refractivity contribution in [2.24, 2.45) is 0 Å². The number of phenolic OH excluding ortho intramolecular Hbond substituents is 1. The number of benzene rings is 2. The number of hydrogen-bond donors (Lipinski definition) is 4. The molecule has 5 rings (SSSR count). The first-order valence-electron chi connectivity index (χ1n) is 12.1. The maximum absolute atomic E-state index is 13.1. The number of anilines is 3. The minimum Gasteiger partial charge on any atom is -0.508 e. The Bertz CT molecular complexity index is 1770. The van der Waals surface area contributed by atoms with Crippen molar-refractivity contribution >= 4 is 28.7 Å². The average Bonchev–Trinajstić information content (AvgIpc) is 3.28. The van der Waals surface area contributed by atoms with Crippen molar-refractivity contribution in [3.63, 3.8) is 0 Å². The Morgan fingerprint density at radius 2 is 1.97 bits per heavy atom. The number of nitriles is 1. The summed E-state index contributed by atoms with van der Waals surface area (Å²) in [6.07, 6.45) is 3.13. The number of aromatic nitrogens is 5. The summed E-state index contributed by atoms with van der Waals surface area (Å²) in [5, 5.41) is 29.9. The lowest BCUT2D eigenvalue weighted by Gasteiger charge is -2.17. The molecule has 3 aromatic heterocycles. The molecular weight excluding hydrogens is 494 g/mol. The first kappa shape index (κ1) is 25.2. The number of fused-ring (bicyclic) bond motifs is 1. The molecule has 0 bridgehead atoms. The van der Waals surface area contributed by atoms with Crippen LogP contribution in [-0.2, 0) is 0 Å². The van der Waals surface area contributed by atoms with E-state index in [2.05, 4.69) is 25.7 Å². The maximum atomic E-state index is 13.1. The summed E-state index contributed by atoms with van der Waals surface area (Å²) in [6, 6.07) is 15.4. The second-order valence-electron chi connectivity index (χ2n) is 9.16. The van der Waals surface area contributed by atoms with Gasteiger partial charge in [0.25, 0.3) is 5.91 Å². The van der Waals surface area contributed by atoms with Crippen molar-refractivity contribution in [3.05, 3.63) is 89.1 Å². The Kier molecular flexibility index (Phi) is 6.52. The topological polar surface area (TPSA) is 167 Å². The van der Waals surface area contributed by atoms with Crippen LogP contribution in [0.3, 0.4) is 0 Å². The number of aromatic hydroxyl groups is 1. The summed E-state index contributed by atoms with van der Waals surface area (Å²) in [7, 11) is 0. The Labute approximate surface area is 224 Å². The molecule has 0 aliphatic heterocycles. The van der Waals surface area contributed by atoms with Crippen LogP contribution < -0.4 is 16.4 Å². The fourth-order valence-electron chi connectivity index (χ4n) is 4.31. The molecule has 5 N–H and O–H groups in total. The van der Waals surface area contributed by atoms with Crippen LogP contribution in [0.4, 0.5) is 17.3 Å². The van der Waals surface area contributed by atoms with Gasteiger partial charge in [-0.3, -0.25) is 4.79 Å². The second kappa shape index (κ2) is 10.1. The molecule has 11 nitrogen and oxygen atoms in total. The lowest BCUT2D eigenvalue weighted by molar-refractivity contribution is 0.102. The Morgan fingerprint density at radius 1 is 1.15 bits per heavy atom. The normalized spacial score (nSPS) is 11.6. The van der Waals surface area contributed by atoms with Gasteiger partial charge in [-0.25, -0.2) is 19.5 Å². The molecule has 0 radical (unpaired) electrons. The summed E-state index contributed by atoms with van der Waals surface area (Å²) in [6.45, 7) is 5.73. The van der Waals surface area contributed by atoms with Crippen molar-refractivity contribution in [3.8, 4) is 23.1 Å². The van der Waals surface area contributed by atoms with Gasteiger partial charge < -0.3 is 21.5 Å². The third-order valence-electron chi connectivity index (χ3n) is 6.18. The van der Waals surface area contributed by atoms with Gasteiger partial charge in [0.05, 0.1) is 17.3 Å². The molecule has 1 amide bonds. The molecule has 0 saturated carbocycles. The molecule has 0 aliphatic carbocycles. The third-order valence-corrected chi connectivity index (χ3v) is 6.18. The monoisotopic (exact) mass is 519 g/mol. The zero-order valence-electron chi connectivity index (χ0n) is 21.5. The number of carbonyl (C=O) groups is 1. The van der Waals surface area contributed by atoms with Crippen LogP contribution in [0, 0.1) is 25.2 Å². The number of nitrogens with one attached hydrogen (secondary N) is 2. The molecule has 0 spiro atoms. The molecule has 1 atom stereocenters. The van der Waals surface area contributed by atoms with Gasteiger partial charge in [-0.1, -0.05) is 6.07 Å². The van der Waals surface area contributed by atoms with Gasteiger partial charge in [-0.15, -0.1) is 0 Å². The van der Waals surface area contributed by atoms with E-state index in [0.29, 0.717) is 22.8 Å². The van der Waals surface area contributed by atoms with Crippen LogP contribution in [0.25, 0.3) is 16.8 Å². The van der Waals surface area contributed by atoms with E-state index < -0.39 is 6.04 Å². The summed E-state index contributed by atoms with van der Waals surface area (Å²) in [4.78, 5) is 26.0. The number of rotatable bonds is 6. The smallest absolute Gasteiger partial charge is 0.255 e. The summed E-state index contributed by atoms with van der Waals surface area (Å²) >= 11 is 0. The number of nitrogens with zero attached hydrogens (tertiary/aromatic N) is 6. The van der Waals surface area contributed by atoms with E-state index in [-0.39, 0.29) is 28.9 Å². The highest BCUT2D eigenvalue weighted by Gasteiger charge is 2.20. The third kappa shape index (κ3) is 5.03. The van der Waals surface area contributed by atoms with Crippen molar-refractivity contribution in [1.82, 2.24) is 24.6 Å². The molecule has 39 heavy (non-hydrogen) atoms. The number of aryl methyl sites for hydroxylation is 2. The van der Waals surface area contributed by atoms with E-state index in [0.717, 1.165) is 22.2 Å². The average molecular weight is 520 g/mol. The molecule has 11 heteroatoms. The van der Waals surface area contributed by atoms with Gasteiger partial charge in [-0.2, -0.15) is 10.4 Å². The van der Waals surface area contributed by atoms with Crippen LogP contribution in [0.5, 0.6) is 5.75 Å². The molecule has 2 aromatic carbocycles. The van der Waals surface area contributed by atoms with Crippen LogP contribution in [-0.4, -0.2) is 35.6 Å². The summed E-state index contributed by atoms with van der Waals surface area (Å²) in [5.74, 6) is 0.556. The van der Waals surface area contributed by atoms with E-state index in [1.165, 1.54) is 18.5 Å². The Hall–Kier alpha value is -5.50. The number of carbonyl (C=O) groups excluding carboxylic acids is 1. The quantitative estimate of drug-likeness (QED) is 0.254. The molecule has 0 fully saturated rings. The molecule has 194 valence electrons. The van der Waals surface area contributed by atoms with E-state index in [4.69, 9.17) is 10.7 Å².